The summed E-state index contributed by atoms with van der Waals surface area (Å²) in [5.41, 5.74) is 5.62. The van der Waals surface area contributed by atoms with Gasteiger partial charge in [0.2, 0.25) is 0 Å². The number of hydrogen-bond donors (Lipinski definition) is 0. The summed E-state index contributed by atoms with van der Waals surface area (Å²) in [5, 5.41) is 13.6. The van der Waals surface area contributed by atoms with E-state index in [-0.39, 0.29) is 0 Å². The summed E-state index contributed by atoms with van der Waals surface area (Å²) in [6.45, 7) is 2.12. The van der Waals surface area contributed by atoms with E-state index in [9.17, 15) is 0 Å². The largest absolute Gasteiger partial charge is 0.205 e. The molecule has 2 aromatic heterocycles. The number of rotatable bonds is 6. The van der Waals surface area contributed by atoms with Crippen LogP contribution in [0, 0.1) is 6.92 Å². The van der Waals surface area contributed by atoms with Gasteiger partial charge in [-0.1, -0.05) is 115 Å². The summed E-state index contributed by atoms with van der Waals surface area (Å²) >= 11 is 5.51. The van der Waals surface area contributed by atoms with Gasteiger partial charge in [0, 0.05) is 16.0 Å². The molecule has 0 spiro atoms. The lowest BCUT2D eigenvalue weighted by Gasteiger charge is -2.36. The molecule has 0 unspecified atom stereocenters. The summed E-state index contributed by atoms with van der Waals surface area (Å²) in [5.74, 6) is 0.697. The molecule has 37 heavy (non-hydrogen) atoms. The van der Waals surface area contributed by atoms with E-state index in [1.54, 1.807) is 11.3 Å². The van der Waals surface area contributed by atoms with Gasteiger partial charge in [-0.2, -0.15) is 0 Å². The zero-order valence-electron chi connectivity index (χ0n) is 20.1. The van der Waals surface area contributed by atoms with Gasteiger partial charge in [0.25, 0.3) is 0 Å². The van der Waals surface area contributed by atoms with Crippen LogP contribution >= 0.6 is 27.3 Å². The van der Waals surface area contributed by atoms with E-state index < -0.39 is 5.54 Å². The van der Waals surface area contributed by atoms with Crippen molar-refractivity contribution in [3.05, 3.63) is 147 Å². The zero-order valence-corrected chi connectivity index (χ0v) is 22.5. The van der Waals surface area contributed by atoms with Gasteiger partial charge in [-0.05, 0) is 61.6 Å². The van der Waals surface area contributed by atoms with Crippen molar-refractivity contribution in [2.75, 3.05) is 0 Å². The lowest BCUT2D eigenvalue weighted by molar-refractivity contribution is 0.451. The quantitative estimate of drug-likeness (QED) is 0.193. The molecule has 2 heterocycles. The van der Waals surface area contributed by atoms with Crippen molar-refractivity contribution < 1.29 is 0 Å². The highest BCUT2D eigenvalue weighted by Crippen LogP contribution is 2.44. The molecular weight excluding hydrogens is 540 g/mol. The van der Waals surface area contributed by atoms with E-state index in [1.807, 2.05) is 28.9 Å². The molecule has 0 aliphatic carbocycles. The topological polar surface area (TPSA) is 43.6 Å². The molecule has 4 aromatic carbocycles. The molecule has 4 nitrogen and oxygen atoms in total. The van der Waals surface area contributed by atoms with Crippen LogP contribution in [0.25, 0.3) is 22.5 Å². The minimum Gasteiger partial charge on any atom is -0.205 e. The molecule has 0 N–H and O–H groups in total. The molecule has 180 valence electrons. The van der Waals surface area contributed by atoms with E-state index in [4.69, 9.17) is 5.21 Å². The number of thiophene rings is 1. The van der Waals surface area contributed by atoms with Gasteiger partial charge in [0.15, 0.2) is 5.82 Å². The van der Waals surface area contributed by atoms with Gasteiger partial charge in [-0.15, -0.1) is 16.4 Å². The van der Waals surface area contributed by atoms with Gasteiger partial charge in [0.05, 0.1) is 3.79 Å². The molecule has 0 fully saturated rings. The maximum absolute atomic E-state index is 4.70. The van der Waals surface area contributed by atoms with Crippen LogP contribution < -0.4 is 0 Å². The molecule has 0 atom stereocenters. The van der Waals surface area contributed by atoms with Crippen molar-refractivity contribution in [2.24, 2.45) is 0 Å². The van der Waals surface area contributed by atoms with E-state index in [0.29, 0.717) is 5.82 Å². The lowest BCUT2D eigenvalue weighted by atomic mass is 9.77. The van der Waals surface area contributed by atoms with Gasteiger partial charge < -0.3 is 0 Å². The number of tetrazole rings is 1. The fourth-order valence-electron chi connectivity index (χ4n) is 5.07. The van der Waals surface area contributed by atoms with Crippen molar-refractivity contribution in [1.29, 1.82) is 0 Å². The van der Waals surface area contributed by atoms with Crippen LogP contribution in [0.2, 0.25) is 0 Å². The Bertz CT molecular complexity index is 1550. The predicted molar refractivity (Wildman–Crippen MR) is 154 cm³/mol. The smallest absolute Gasteiger partial charge is 0.184 e. The highest BCUT2D eigenvalue weighted by atomic mass is 79.9. The van der Waals surface area contributed by atoms with E-state index in [0.717, 1.165) is 37.2 Å². The molecule has 0 bridgehead atoms. The first-order chi connectivity index (χ1) is 18.2. The number of nitrogens with zero attached hydrogens (tertiary/aromatic N) is 4. The SMILES string of the molecule is Cc1cc(-c2ccccc2-c2nnnn2C(c2ccccc2)(c2ccccc2)c2ccccc2)c(Br)s1. The number of hydrogen-bond acceptors (Lipinski definition) is 4. The molecule has 0 aliphatic heterocycles. The van der Waals surface area contributed by atoms with Crippen molar-refractivity contribution in [3.63, 3.8) is 0 Å². The highest BCUT2D eigenvalue weighted by Gasteiger charge is 2.42. The second kappa shape index (κ2) is 9.88. The van der Waals surface area contributed by atoms with Crippen LogP contribution in [0.15, 0.2) is 125 Å². The fraction of sp³-hybridized carbons (Fsp3) is 0.0645. The molecule has 0 aliphatic rings. The maximum Gasteiger partial charge on any atom is 0.184 e. The minimum absolute atomic E-state index is 0.697. The predicted octanol–water partition coefficient (Wildman–Crippen LogP) is 7.98. The molecule has 0 radical (unpaired) electrons. The standard InChI is InChI=1S/C31H23BrN4S/c1-22-21-28(29(32)37-22)26-19-11-12-20-27(26)30-33-34-35-36(30)31(23-13-5-2-6-14-23,24-15-7-3-8-16-24)25-17-9-4-10-18-25/h2-21H,1H3. The van der Waals surface area contributed by atoms with Gasteiger partial charge >= 0.3 is 0 Å². The number of halogens is 1. The Balaban J connectivity index is 1.70. The Hall–Kier alpha value is -3.87. The Morgan fingerprint density at radius 1 is 0.649 bits per heavy atom. The minimum atomic E-state index is -0.794. The Morgan fingerprint density at radius 3 is 1.62 bits per heavy atom. The van der Waals surface area contributed by atoms with Crippen molar-refractivity contribution >= 4 is 27.3 Å². The highest BCUT2D eigenvalue weighted by molar-refractivity contribution is 9.11. The molecule has 0 saturated carbocycles. The van der Waals surface area contributed by atoms with Crippen molar-refractivity contribution in [1.82, 2.24) is 20.2 Å². The van der Waals surface area contributed by atoms with E-state index in [2.05, 4.69) is 130 Å². The third-order valence-electron chi connectivity index (χ3n) is 6.63. The van der Waals surface area contributed by atoms with Crippen LogP contribution in [0.5, 0.6) is 0 Å². The van der Waals surface area contributed by atoms with Crippen LogP contribution in [-0.2, 0) is 5.54 Å². The second-order valence-electron chi connectivity index (χ2n) is 8.81. The van der Waals surface area contributed by atoms with Gasteiger partial charge in [0.1, 0.15) is 5.54 Å². The Morgan fingerprint density at radius 2 is 1.14 bits per heavy atom. The second-order valence-corrected chi connectivity index (χ2v) is 11.4. The molecule has 6 rings (SSSR count). The number of benzene rings is 4. The van der Waals surface area contributed by atoms with Gasteiger partial charge in [-0.3, -0.25) is 0 Å². The third kappa shape index (κ3) is 4.02. The normalized spacial score (nSPS) is 11.5. The molecule has 0 amide bonds. The maximum atomic E-state index is 4.70. The van der Waals surface area contributed by atoms with E-state index >= 15 is 0 Å². The first kappa shape index (κ1) is 23.5. The summed E-state index contributed by atoms with van der Waals surface area (Å²) in [7, 11) is 0. The Kier molecular flexibility index (Phi) is 6.28. The van der Waals surface area contributed by atoms with Gasteiger partial charge in [-0.25, -0.2) is 4.68 Å². The van der Waals surface area contributed by atoms with Crippen LogP contribution in [-0.4, -0.2) is 20.2 Å². The number of aromatic nitrogens is 4. The van der Waals surface area contributed by atoms with Crippen LogP contribution in [0.3, 0.4) is 0 Å². The summed E-state index contributed by atoms with van der Waals surface area (Å²) in [6, 6.07) is 42.0. The molecule has 6 aromatic rings. The summed E-state index contributed by atoms with van der Waals surface area (Å²) in [4.78, 5) is 1.24. The fourth-order valence-corrected chi connectivity index (χ4v) is 6.90. The molecule has 0 saturated heterocycles. The molecular formula is C31H23BrN4S. The zero-order chi connectivity index (χ0) is 25.2. The summed E-state index contributed by atoms with van der Waals surface area (Å²) in [6.07, 6.45) is 0. The Labute approximate surface area is 228 Å². The van der Waals surface area contributed by atoms with Crippen molar-refractivity contribution in [3.8, 4) is 22.5 Å². The van der Waals surface area contributed by atoms with Crippen LogP contribution in [0.4, 0.5) is 0 Å². The first-order valence-electron chi connectivity index (χ1n) is 12.0. The lowest BCUT2D eigenvalue weighted by Crippen LogP contribution is -2.39. The van der Waals surface area contributed by atoms with Crippen LogP contribution in [0.1, 0.15) is 21.6 Å². The molecule has 6 heteroatoms. The first-order valence-corrected chi connectivity index (χ1v) is 13.6. The third-order valence-corrected chi connectivity index (χ3v) is 8.38. The average molecular weight is 564 g/mol. The summed E-state index contributed by atoms with van der Waals surface area (Å²) < 4.78 is 3.08. The number of aryl methyl sites for hydroxylation is 1. The van der Waals surface area contributed by atoms with Crippen molar-refractivity contribution in [2.45, 2.75) is 12.5 Å². The monoisotopic (exact) mass is 562 g/mol. The van der Waals surface area contributed by atoms with E-state index in [1.165, 1.54) is 4.88 Å². The average Bonchev–Trinajstić information content (AvgIpc) is 3.57.